The minimum Gasteiger partial charge on any atom is -0.348 e. The molecular weight excluding hydrogens is 218 g/mol. The van der Waals surface area contributed by atoms with Crippen molar-refractivity contribution in [2.75, 3.05) is 11.4 Å². The Morgan fingerprint density at radius 1 is 0.944 bits per heavy atom. The molecule has 1 heteroatoms. The minimum atomic E-state index is 0.644. The van der Waals surface area contributed by atoms with Crippen LogP contribution in [-0.4, -0.2) is 6.54 Å². The zero-order chi connectivity index (χ0) is 12.4. The highest BCUT2D eigenvalue weighted by Crippen LogP contribution is 2.27. The van der Waals surface area contributed by atoms with E-state index in [1.807, 2.05) is 0 Å². The average molecular weight is 235 g/mol. The first-order chi connectivity index (χ1) is 8.83. The van der Waals surface area contributed by atoms with Crippen molar-refractivity contribution in [2.24, 2.45) is 5.92 Å². The molecule has 18 heavy (non-hydrogen) atoms. The molecule has 1 aliphatic heterocycles. The molecule has 0 amide bonds. The van der Waals surface area contributed by atoms with Gasteiger partial charge in [0, 0.05) is 18.4 Å². The lowest BCUT2D eigenvalue weighted by molar-refractivity contribution is 0.764. The van der Waals surface area contributed by atoms with Gasteiger partial charge in [-0.05, 0) is 29.2 Å². The molecule has 0 saturated heterocycles. The second-order valence-corrected chi connectivity index (χ2v) is 4.89. The molecule has 0 radical (unpaired) electrons. The van der Waals surface area contributed by atoms with Crippen LogP contribution in [-0.2, 0) is 0 Å². The third kappa shape index (κ3) is 2.17. The van der Waals surface area contributed by atoms with Gasteiger partial charge >= 0.3 is 0 Å². The predicted octanol–water partition coefficient (Wildman–Crippen LogP) is 4.32. The summed E-state index contributed by atoms with van der Waals surface area (Å²) in [5.74, 6) is 0.644. The van der Waals surface area contributed by atoms with Crippen LogP contribution < -0.4 is 4.90 Å². The van der Waals surface area contributed by atoms with Crippen molar-refractivity contribution < 1.29 is 0 Å². The van der Waals surface area contributed by atoms with Crippen molar-refractivity contribution >= 4 is 5.69 Å². The number of rotatable bonds is 2. The van der Waals surface area contributed by atoms with Crippen molar-refractivity contribution in [2.45, 2.75) is 6.92 Å². The molecule has 1 atom stereocenters. The number of benzene rings is 2. The van der Waals surface area contributed by atoms with Gasteiger partial charge in [-0.25, -0.2) is 0 Å². The van der Waals surface area contributed by atoms with Crippen molar-refractivity contribution in [3.05, 3.63) is 66.9 Å². The fraction of sp³-hybridized carbons (Fsp3) is 0.176. The van der Waals surface area contributed by atoms with E-state index >= 15 is 0 Å². The van der Waals surface area contributed by atoms with Gasteiger partial charge in [0.15, 0.2) is 0 Å². The molecule has 1 unspecified atom stereocenters. The van der Waals surface area contributed by atoms with Crippen LogP contribution in [0.3, 0.4) is 0 Å². The lowest BCUT2D eigenvalue weighted by atomic mass is 10.1. The van der Waals surface area contributed by atoms with Crippen LogP contribution in [0.25, 0.3) is 11.1 Å². The van der Waals surface area contributed by atoms with Crippen LogP contribution in [0.5, 0.6) is 0 Å². The SMILES string of the molecule is CC1C=CN(c2cccc(-c3ccccc3)c2)C1. The van der Waals surface area contributed by atoms with Crippen LogP contribution in [0.15, 0.2) is 66.9 Å². The molecule has 0 bridgehead atoms. The molecule has 1 nitrogen and oxygen atoms in total. The summed E-state index contributed by atoms with van der Waals surface area (Å²) in [4.78, 5) is 2.32. The predicted molar refractivity (Wildman–Crippen MR) is 77.5 cm³/mol. The third-order valence-corrected chi connectivity index (χ3v) is 3.36. The standard InChI is InChI=1S/C17H17N/c1-14-10-11-18(13-14)17-9-5-8-16(12-17)15-6-3-2-4-7-15/h2-12,14H,13H2,1H3. The van der Waals surface area contributed by atoms with E-state index in [2.05, 4.69) is 78.7 Å². The highest BCUT2D eigenvalue weighted by atomic mass is 15.1. The van der Waals surface area contributed by atoms with E-state index in [9.17, 15) is 0 Å². The number of hydrogen-bond donors (Lipinski definition) is 0. The van der Waals surface area contributed by atoms with Crippen LogP contribution in [0.4, 0.5) is 5.69 Å². The summed E-state index contributed by atoms with van der Waals surface area (Å²) in [5.41, 5.74) is 3.83. The molecule has 0 spiro atoms. The molecule has 1 aliphatic rings. The molecule has 0 N–H and O–H groups in total. The summed E-state index contributed by atoms with van der Waals surface area (Å²) >= 11 is 0. The molecule has 0 saturated carbocycles. The van der Waals surface area contributed by atoms with Gasteiger partial charge in [-0.1, -0.05) is 55.5 Å². The molecule has 3 rings (SSSR count). The number of nitrogens with zero attached hydrogens (tertiary/aromatic N) is 1. The minimum absolute atomic E-state index is 0.644. The van der Waals surface area contributed by atoms with Gasteiger partial charge in [0.05, 0.1) is 0 Å². The van der Waals surface area contributed by atoms with E-state index in [1.54, 1.807) is 0 Å². The van der Waals surface area contributed by atoms with Gasteiger partial charge in [0.2, 0.25) is 0 Å². The van der Waals surface area contributed by atoms with Crippen LogP contribution in [0.2, 0.25) is 0 Å². The van der Waals surface area contributed by atoms with Crippen molar-refractivity contribution in [3.63, 3.8) is 0 Å². The summed E-state index contributed by atoms with van der Waals surface area (Å²) in [6.07, 6.45) is 4.45. The van der Waals surface area contributed by atoms with Gasteiger partial charge in [-0.15, -0.1) is 0 Å². The van der Waals surface area contributed by atoms with Crippen LogP contribution in [0, 0.1) is 5.92 Å². The number of anilines is 1. The first-order valence-corrected chi connectivity index (χ1v) is 6.43. The van der Waals surface area contributed by atoms with Crippen molar-refractivity contribution in [3.8, 4) is 11.1 Å². The normalized spacial score (nSPS) is 18.3. The van der Waals surface area contributed by atoms with E-state index in [0.717, 1.165) is 6.54 Å². The van der Waals surface area contributed by atoms with Crippen LogP contribution in [0.1, 0.15) is 6.92 Å². The van der Waals surface area contributed by atoms with Gasteiger partial charge in [0.1, 0.15) is 0 Å². The van der Waals surface area contributed by atoms with Gasteiger partial charge < -0.3 is 4.90 Å². The highest BCUT2D eigenvalue weighted by Gasteiger charge is 2.13. The monoisotopic (exact) mass is 235 g/mol. The van der Waals surface area contributed by atoms with E-state index < -0.39 is 0 Å². The molecule has 2 aromatic rings. The second kappa shape index (κ2) is 4.69. The molecule has 2 aromatic carbocycles. The lowest BCUT2D eigenvalue weighted by Gasteiger charge is -2.17. The Labute approximate surface area is 108 Å². The quantitative estimate of drug-likeness (QED) is 0.749. The van der Waals surface area contributed by atoms with Crippen LogP contribution >= 0.6 is 0 Å². The molecule has 0 aromatic heterocycles. The second-order valence-electron chi connectivity index (χ2n) is 4.89. The summed E-state index contributed by atoms with van der Waals surface area (Å²) in [7, 11) is 0. The Morgan fingerprint density at radius 3 is 2.44 bits per heavy atom. The largest absolute Gasteiger partial charge is 0.348 e. The topological polar surface area (TPSA) is 3.24 Å². The maximum atomic E-state index is 2.32. The Hall–Kier alpha value is -2.02. The van der Waals surface area contributed by atoms with E-state index in [0.29, 0.717) is 5.92 Å². The zero-order valence-electron chi connectivity index (χ0n) is 10.6. The zero-order valence-corrected chi connectivity index (χ0v) is 10.6. The Balaban J connectivity index is 1.93. The maximum Gasteiger partial charge on any atom is 0.0412 e. The van der Waals surface area contributed by atoms with E-state index in [1.165, 1.54) is 16.8 Å². The average Bonchev–Trinajstić information content (AvgIpc) is 2.87. The van der Waals surface area contributed by atoms with Gasteiger partial charge in [-0.3, -0.25) is 0 Å². The molecular formula is C17H17N. The molecule has 0 fully saturated rings. The van der Waals surface area contributed by atoms with E-state index in [4.69, 9.17) is 0 Å². The van der Waals surface area contributed by atoms with Gasteiger partial charge in [-0.2, -0.15) is 0 Å². The molecule has 1 heterocycles. The fourth-order valence-electron chi connectivity index (χ4n) is 2.37. The van der Waals surface area contributed by atoms with Gasteiger partial charge in [0.25, 0.3) is 0 Å². The van der Waals surface area contributed by atoms with Crippen molar-refractivity contribution in [1.82, 2.24) is 0 Å². The lowest BCUT2D eigenvalue weighted by Crippen LogP contribution is -2.15. The summed E-state index contributed by atoms with van der Waals surface area (Å²) in [6, 6.07) is 19.3. The molecule has 90 valence electrons. The fourth-order valence-corrected chi connectivity index (χ4v) is 2.37. The Morgan fingerprint density at radius 2 is 1.72 bits per heavy atom. The third-order valence-electron chi connectivity index (χ3n) is 3.36. The Bertz CT molecular complexity index is 557. The smallest absolute Gasteiger partial charge is 0.0412 e. The Kier molecular flexibility index (Phi) is 2.89. The highest BCUT2D eigenvalue weighted by molar-refractivity contribution is 5.69. The van der Waals surface area contributed by atoms with Crippen molar-refractivity contribution in [1.29, 1.82) is 0 Å². The summed E-state index contributed by atoms with van der Waals surface area (Å²) < 4.78 is 0. The first-order valence-electron chi connectivity index (χ1n) is 6.43. The summed E-state index contributed by atoms with van der Waals surface area (Å²) in [6.45, 7) is 3.33. The maximum absolute atomic E-state index is 2.32. The van der Waals surface area contributed by atoms with E-state index in [-0.39, 0.29) is 0 Å². The first kappa shape index (κ1) is 11.1. The number of hydrogen-bond acceptors (Lipinski definition) is 1. The molecule has 0 aliphatic carbocycles. The summed E-state index contributed by atoms with van der Waals surface area (Å²) in [5, 5.41) is 0.